The normalized spacial score (nSPS) is 12.5. The molecule has 0 saturated carbocycles. The molecule has 0 unspecified atom stereocenters. The number of benzene rings is 2. The van der Waals surface area contributed by atoms with Gasteiger partial charge in [-0.3, -0.25) is 9.52 Å². The molecule has 0 spiro atoms. The molecule has 0 aliphatic carbocycles. The Morgan fingerprint density at radius 2 is 1.76 bits per heavy atom. The number of anilines is 1. The van der Waals surface area contributed by atoms with Crippen molar-refractivity contribution in [3.05, 3.63) is 65.0 Å². The monoisotopic (exact) mass is 364 g/mol. The lowest BCUT2D eigenvalue weighted by molar-refractivity contribution is 0.0742. The number of amides is 1. The van der Waals surface area contributed by atoms with E-state index in [4.69, 9.17) is 0 Å². The lowest BCUT2D eigenvalue weighted by Crippen LogP contribution is -2.29. The zero-order valence-corrected chi connectivity index (χ0v) is 15.4. The topological polar surface area (TPSA) is 66.5 Å². The number of hydrogen-bond acceptors (Lipinski definition) is 3. The lowest BCUT2D eigenvalue weighted by Gasteiger charge is -2.26. The molecule has 0 aliphatic rings. The van der Waals surface area contributed by atoms with Crippen LogP contribution < -0.4 is 4.72 Å². The number of nitrogens with zero attached hydrogens (tertiary/aromatic N) is 1. The number of hydrogen-bond donors (Lipinski definition) is 1. The maximum absolute atomic E-state index is 13.1. The average molecular weight is 364 g/mol. The second kappa shape index (κ2) is 7.23. The summed E-state index contributed by atoms with van der Waals surface area (Å²) in [6.45, 7) is 3.60. The van der Waals surface area contributed by atoms with Gasteiger partial charge in [0.15, 0.2) is 0 Å². The van der Waals surface area contributed by atoms with E-state index >= 15 is 0 Å². The highest BCUT2D eigenvalue weighted by molar-refractivity contribution is 7.92. The van der Waals surface area contributed by atoms with E-state index < -0.39 is 10.0 Å². The summed E-state index contributed by atoms with van der Waals surface area (Å²) in [5.41, 5.74) is 2.26. The first-order valence-electron chi connectivity index (χ1n) is 7.69. The fourth-order valence-corrected chi connectivity index (χ4v) is 3.03. The fraction of sp³-hybridized carbons (Fsp3) is 0.278. The van der Waals surface area contributed by atoms with Crippen LogP contribution >= 0.6 is 0 Å². The van der Waals surface area contributed by atoms with Crippen LogP contribution in [0.1, 0.15) is 34.5 Å². The Bertz CT molecular complexity index is 880. The summed E-state index contributed by atoms with van der Waals surface area (Å²) in [4.78, 5) is 14.3. The van der Waals surface area contributed by atoms with Crippen LogP contribution in [0.3, 0.4) is 0 Å². The van der Waals surface area contributed by atoms with Crippen LogP contribution in [-0.4, -0.2) is 32.5 Å². The van der Waals surface area contributed by atoms with Gasteiger partial charge >= 0.3 is 0 Å². The molecular formula is C18H21FN2O3S. The lowest BCUT2D eigenvalue weighted by atomic mass is 10.1. The van der Waals surface area contributed by atoms with Gasteiger partial charge < -0.3 is 4.90 Å². The predicted molar refractivity (Wildman–Crippen MR) is 96.6 cm³/mol. The molecule has 0 bridgehead atoms. The van der Waals surface area contributed by atoms with Crippen LogP contribution in [0.4, 0.5) is 10.1 Å². The van der Waals surface area contributed by atoms with E-state index in [-0.39, 0.29) is 17.8 Å². The number of halogens is 1. The van der Waals surface area contributed by atoms with Crippen molar-refractivity contribution in [1.29, 1.82) is 0 Å². The molecule has 0 aromatic heterocycles. The fourth-order valence-electron chi connectivity index (χ4n) is 2.41. The van der Waals surface area contributed by atoms with E-state index in [9.17, 15) is 17.6 Å². The maximum Gasteiger partial charge on any atom is 0.254 e. The number of carbonyl (C=O) groups is 1. The molecule has 2 rings (SSSR count). The summed E-state index contributed by atoms with van der Waals surface area (Å²) in [6, 6.07) is 10.6. The second-order valence-electron chi connectivity index (χ2n) is 6.05. The first kappa shape index (κ1) is 18.9. The van der Waals surface area contributed by atoms with Crippen molar-refractivity contribution in [2.75, 3.05) is 18.0 Å². The Morgan fingerprint density at radius 1 is 1.16 bits per heavy atom. The van der Waals surface area contributed by atoms with Gasteiger partial charge in [0.25, 0.3) is 5.91 Å². The number of rotatable bonds is 5. The van der Waals surface area contributed by atoms with Crippen LogP contribution in [0.5, 0.6) is 0 Å². The minimum Gasteiger partial charge on any atom is -0.335 e. The van der Waals surface area contributed by atoms with E-state index in [2.05, 4.69) is 4.72 Å². The third kappa shape index (κ3) is 4.79. The number of aryl methyl sites for hydroxylation is 1. The largest absolute Gasteiger partial charge is 0.335 e. The van der Waals surface area contributed by atoms with E-state index in [0.29, 0.717) is 11.3 Å². The predicted octanol–water partition coefficient (Wildman–Crippen LogP) is 3.34. The average Bonchev–Trinajstić information content (AvgIpc) is 2.54. The molecule has 2 aromatic carbocycles. The molecule has 0 saturated heterocycles. The van der Waals surface area contributed by atoms with Gasteiger partial charge in [0.05, 0.1) is 18.0 Å². The van der Waals surface area contributed by atoms with Crippen molar-refractivity contribution in [2.24, 2.45) is 0 Å². The zero-order chi connectivity index (χ0) is 18.8. The molecule has 1 N–H and O–H groups in total. The summed E-state index contributed by atoms with van der Waals surface area (Å²) in [5.74, 6) is -0.590. The molecule has 0 aliphatic heterocycles. The van der Waals surface area contributed by atoms with Gasteiger partial charge in [0.2, 0.25) is 10.0 Å². The molecule has 1 atom stereocenters. The Labute approximate surface area is 147 Å². The molecule has 2 aromatic rings. The zero-order valence-electron chi connectivity index (χ0n) is 14.6. The highest BCUT2D eigenvalue weighted by Crippen LogP contribution is 2.23. The van der Waals surface area contributed by atoms with Crippen molar-refractivity contribution in [3.63, 3.8) is 0 Å². The Morgan fingerprint density at radius 3 is 2.32 bits per heavy atom. The van der Waals surface area contributed by atoms with Gasteiger partial charge in [-0.1, -0.05) is 18.2 Å². The molecule has 0 fully saturated rings. The smallest absolute Gasteiger partial charge is 0.254 e. The first-order valence-corrected chi connectivity index (χ1v) is 9.58. The van der Waals surface area contributed by atoms with Crippen molar-refractivity contribution in [2.45, 2.75) is 19.9 Å². The Hall–Kier alpha value is -2.41. The molecule has 7 heteroatoms. The number of sulfonamides is 1. The van der Waals surface area contributed by atoms with Crippen molar-refractivity contribution >= 4 is 21.6 Å². The molecular weight excluding hydrogens is 343 g/mol. The highest BCUT2D eigenvalue weighted by atomic mass is 32.2. The first-order chi connectivity index (χ1) is 11.6. The van der Waals surface area contributed by atoms with E-state index in [1.165, 1.54) is 23.1 Å². The summed E-state index contributed by atoms with van der Waals surface area (Å²) < 4.78 is 38.4. The van der Waals surface area contributed by atoms with Gasteiger partial charge in [-0.25, -0.2) is 12.8 Å². The van der Waals surface area contributed by atoms with Crippen molar-refractivity contribution in [3.8, 4) is 0 Å². The van der Waals surface area contributed by atoms with Crippen LogP contribution in [0, 0.1) is 12.7 Å². The Kier molecular flexibility index (Phi) is 5.47. The quantitative estimate of drug-likeness (QED) is 0.885. The maximum atomic E-state index is 13.1. The molecule has 134 valence electrons. The summed E-state index contributed by atoms with van der Waals surface area (Å²) in [5, 5.41) is 0. The minimum absolute atomic E-state index is 0.256. The SMILES string of the molecule is Cc1ccc(C(=O)N(C)[C@@H](C)c2ccc(F)cc2)cc1NS(C)(=O)=O. The number of nitrogens with one attached hydrogen (secondary N) is 1. The standard InChI is InChI=1S/C18H21FN2O3S/c1-12-5-6-15(11-17(12)20-25(4,23)24)18(22)21(3)13(2)14-7-9-16(19)10-8-14/h5-11,13,20H,1-4H3/t13-/m0/s1. The van der Waals surface area contributed by atoms with Gasteiger partial charge in [0, 0.05) is 12.6 Å². The molecule has 0 radical (unpaired) electrons. The molecule has 1 amide bonds. The van der Waals surface area contributed by atoms with Crippen molar-refractivity contribution < 1.29 is 17.6 Å². The third-order valence-corrected chi connectivity index (χ3v) is 4.62. The summed E-state index contributed by atoms with van der Waals surface area (Å²) >= 11 is 0. The van der Waals surface area contributed by atoms with Gasteiger partial charge in [-0.05, 0) is 49.2 Å². The number of carbonyl (C=O) groups excluding carboxylic acids is 1. The Balaban J connectivity index is 2.27. The molecule has 5 nitrogen and oxygen atoms in total. The van der Waals surface area contributed by atoms with Gasteiger partial charge in [-0.15, -0.1) is 0 Å². The third-order valence-electron chi connectivity index (χ3n) is 4.03. The van der Waals surface area contributed by atoms with Crippen LogP contribution in [0.25, 0.3) is 0 Å². The van der Waals surface area contributed by atoms with E-state index in [1.807, 2.05) is 6.92 Å². The van der Waals surface area contributed by atoms with E-state index in [0.717, 1.165) is 17.4 Å². The highest BCUT2D eigenvalue weighted by Gasteiger charge is 2.20. The molecule has 0 heterocycles. The minimum atomic E-state index is -3.44. The second-order valence-corrected chi connectivity index (χ2v) is 7.80. The molecule has 25 heavy (non-hydrogen) atoms. The van der Waals surface area contributed by atoms with Crippen molar-refractivity contribution in [1.82, 2.24) is 4.90 Å². The summed E-state index contributed by atoms with van der Waals surface area (Å²) in [7, 11) is -1.78. The van der Waals surface area contributed by atoms with E-state index in [1.54, 1.807) is 38.2 Å². The van der Waals surface area contributed by atoms with Gasteiger partial charge in [-0.2, -0.15) is 0 Å². The van der Waals surface area contributed by atoms with Gasteiger partial charge in [0.1, 0.15) is 5.82 Å². The summed E-state index contributed by atoms with van der Waals surface area (Å²) in [6.07, 6.45) is 1.06. The van der Waals surface area contributed by atoms with Crippen LogP contribution in [0.15, 0.2) is 42.5 Å². The van der Waals surface area contributed by atoms with Crippen LogP contribution in [-0.2, 0) is 10.0 Å². The van der Waals surface area contributed by atoms with Crippen LogP contribution in [0.2, 0.25) is 0 Å².